The molecule has 0 N–H and O–H groups in total. The second-order valence-corrected chi connectivity index (χ2v) is 6.10. The number of carbonyl (C=O) groups excluding carboxylic acids is 1. The molecule has 0 amide bonds. The number of nitrogens with zero attached hydrogens (tertiary/aromatic N) is 1. The van der Waals surface area contributed by atoms with E-state index in [0.717, 1.165) is 25.1 Å². The van der Waals surface area contributed by atoms with Crippen molar-refractivity contribution in [3.63, 3.8) is 0 Å². The van der Waals surface area contributed by atoms with Gasteiger partial charge in [-0.05, 0) is 49.0 Å². The summed E-state index contributed by atoms with van der Waals surface area (Å²) in [4.78, 5) is 14.7. The minimum atomic E-state index is -0.0459. The van der Waals surface area contributed by atoms with Crippen LogP contribution in [0.3, 0.4) is 0 Å². The van der Waals surface area contributed by atoms with Crippen molar-refractivity contribution >= 4 is 12.0 Å². The monoisotopic (exact) mass is 273 g/mol. The Morgan fingerprint density at radius 2 is 2.40 bits per heavy atom. The molecule has 4 aliphatic rings. The Kier molecular flexibility index (Phi) is 2.74. The van der Waals surface area contributed by atoms with Crippen molar-refractivity contribution < 1.29 is 13.9 Å². The Hall–Kier alpha value is -1.55. The van der Waals surface area contributed by atoms with Crippen LogP contribution in [0.2, 0.25) is 0 Å². The SMILES string of the molecule is COC(=O)[C@H]1[C@@H]2C[C@@H]3CC[C@H]1N3C/C2=C\c1ccco1. The summed E-state index contributed by atoms with van der Waals surface area (Å²) in [5, 5.41) is 0. The fraction of sp³-hybridized carbons (Fsp3) is 0.562. The molecule has 4 aliphatic heterocycles. The number of rotatable bonds is 2. The molecule has 4 fully saturated rings. The molecule has 4 nitrogen and oxygen atoms in total. The van der Waals surface area contributed by atoms with E-state index in [1.54, 1.807) is 6.26 Å². The Labute approximate surface area is 118 Å². The first-order valence-corrected chi connectivity index (χ1v) is 7.35. The van der Waals surface area contributed by atoms with Crippen molar-refractivity contribution in [2.75, 3.05) is 13.7 Å². The average Bonchev–Trinajstić information content (AvgIpc) is 3.07. The normalized spacial score (nSPS) is 40.2. The van der Waals surface area contributed by atoms with Crippen molar-refractivity contribution in [3.05, 3.63) is 29.7 Å². The molecule has 106 valence electrons. The third-order valence-electron chi connectivity index (χ3n) is 5.25. The first kappa shape index (κ1) is 12.2. The van der Waals surface area contributed by atoms with Gasteiger partial charge in [0.1, 0.15) is 5.76 Å². The van der Waals surface area contributed by atoms with E-state index in [1.807, 2.05) is 12.1 Å². The quantitative estimate of drug-likeness (QED) is 0.776. The van der Waals surface area contributed by atoms with Crippen molar-refractivity contribution in [1.82, 2.24) is 4.90 Å². The third kappa shape index (κ3) is 1.67. The number of hydrogen-bond acceptors (Lipinski definition) is 4. The minimum Gasteiger partial charge on any atom is -0.469 e. The molecule has 0 aromatic carbocycles. The standard InChI is InChI=1S/C16H19NO3/c1-19-16(18)15-13-8-11-4-5-14(15)17(11)9-10(13)7-12-3-2-6-20-12/h2-3,6-7,11,13-15H,4-5,8-9H2,1H3/b10-7+/t11-,13+,14+,15-/m0/s1. The lowest BCUT2D eigenvalue weighted by atomic mass is 9.71. The summed E-state index contributed by atoms with van der Waals surface area (Å²) < 4.78 is 10.5. The zero-order valence-corrected chi connectivity index (χ0v) is 11.6. The Morgan fingerprint density at radius 3 is 3.15 bits per heavy atom. The number of hydrogen-bond donors (Lipinski definition) is 0. The van der Waals surface area contributed by atoms with Gasteiger partial charge in [-0.25, -0.2) is 0 Å². The van der Waals surface area contributed by atoms with Gasteiger partial charge in [0.25, 0.3) is 0 Å². The van der Waals surface area contributed by atoms with Crippen LogP contribution in [-0.4, -0.2) is 36.6 Å². The molecule has 0 spiro atoms. The van der Waals surface area contributed by atoms with Gasteiger partial charge >= 0.3 is 5.97 Å². The van der Waals surface area contributed by atoms with Crippen LogP contribution in [0.5, 0.6) is 0 Å². The van der Waals surface area contributed by atoms with E-state index in [4.69, 9.17) is 9.15 Å². The molecule has 5 atom stereocenters. The van der Waals surface area contributed by atoms with Gasteiger partial charge in [0.2, 0.25) is 0 Å². The molecule has 4 saturated heterocycles. The predicted octanol–water partition coefficient (Wildman–Crippen LogP) is 2.32. The van der Waals surface area contributed by atoms with Gasteiger partial charge in [-0.2, -0.15) is 0 Å². The van der Waals surface area contributed by atoms with Crippen LogP contribution >= 0.6 is 0 Å². The van der Waals surface area contributed by atoms with Crippen LogP contribution in [0.4, 0.5) is 0 Å². The number of methoxy groups -OCH3 is 1. The molecular weight excluding hydrogens is 254 g/mol. The van der Waals surface area contributed by atoms with Crippen molar-refractivity contribution in [2.45, 2.75) is 31.3 Å². The van der Waals surface area contributed by atoms with Crippen LogP contribution in [0.25, 0.3) is 6.08 Å². The molecule has 1 unspecified atom stereocenters. The summed E-state index contributed by atoms with van der Waals surface area (Å²) in [6.45, 7) is 0.980. The van der Waals surface area contributed by atoms with E-state index in [0.29, 0.717) is 18.0 Å². The molecule has 4 heteroatoms. The zero-order chi connectivity index (χ0) is 13.7. The van der Waals surface area contributed by atoms with E-state index in [-0.39, 0.29) is 11.9 Å². The summed E-state index contributed by atoms with van der Waals surface area (Å²) in [6.07, 6.45) is 7.25. The van der Waals surface area contributed by atoms with Gasteiger partial charge in [0.15, 0.2) is 0 Å². The highest BCUT2D eigenvalue weighted by atomic mass is 16.5. The van der Waals surface area contributed by atoms with Gasteiger partial charge in [-0.1, -0.05) is 0 Å². The molecule has 0 radical (unpaired) electrons. The number of piperidine rings is 3. The molecule has 5 rings (SSSR count). The number of furan rings is 1. The highest BCUT2D eigenvalue weighted by Gasteiger charge is 2.55. The van der Waals surface area contributed by atoms with Crippen molar-refractivity contribution in [3.8, 4) is 0 Å². The lowest BCUT2D eigenvalue weighted by Crippen LogP contribution is -2.58. The Balaban J connectivity index is 1.70. The molecule has 1 aromatic rings. The molecule has 0 saturated carbocycles. The molecule has 20 heavy (non-hydrogen) atoms. The second-order valence-electron chi connectivity index (χ2n) is 6.10. The summed E-state index contributed by atoms with van der Waals surface area (Å²) in [6, 6.07) is 4.92. The van der Waals surface area contributed by atoms with Gasteiger partial charge in [-0.3, -0.25) is 9.69 Å². The van der Waals surface area contributed by atoms with Crippen molar-refractivity contribution in [2.24, 2.45) is 11.8 Å². The predicted molar refractivity (Wildman–Crippen MR) is 73.8 cm³/mol. The number of ether oxygens (including phenoxy) is 1. The second kappa shape index (κ2) is 4.48. The maximum absolute atomic E-state index is 12.2. The fourth-order valence-corrected chi connectivity index (χ4v) is 4.44. The number of esters is 1. The summed E-state index contributed by atoms with van der Waals surface area (Å²) in [7, 11) is 1.50. The van der Waals surface area contributed by atoms with Crippen molar-refractivity contribution in [1.29, 1.82) is 0 Å². The third-order valence-corrected chi connectivity index (χ3v) is 5.25. The largest absolute Gasteiger partial charge is 0.469 e. The maximum atomic E-state index is 12.2. The van der Waals surface area contributed by atoms with E-state index < -0.39 is 0 Å². The van der Waals surface area contributed by atoms with E-state index in [9.17, 15) is 4.79 Å². The summed E-state index contributed by atoms with van der Waals surface area (Å²) >= 11 is 0. The first-order valence-electron chi connectivity index (χ1n) is 7.35. The molecule has 0 aliphatic carbocycles. The maximum Gasteiger partial charge on any atom is 0.310 e. The Morgan fingerprint density at radius 1 is 1.50 bits per heavy atom. The van der Waals surface area contributed by atoms with E-state index in [1.165, 1.54) is 19.1 Å². The molecule has 5 heterocycles. The first-order chi connectivity index (χ1) is 9.78. The topological polar surface area (TPSA) is 42.7 Å². The number of carbonyl (C=O) groups is 1. The van der Waals surface area contributed by atoms with E-state index in [2.05, 4.69) is 11.0 Å². The lowest BCUT2D eigenvalue weighted by molar-refractivity contribution is -0.153. The van der Waals surface area contributed by atoms with E-state index >= 15 is 0 Å². The fourth-order valence-electron chi connectivity index (χ4n) is 4.44. The molecule has 1 aromatic heterocycles. The summed E-state index contributed by atoms with van der Waals surface area (Å²) in [5.74, 6) is 1.17. The van der Waals surface area contributed by atoms with Crippen LogP contribution in [0, 0.1) is 11.8 Å². The van der Waals surface area contributed by atoms with Crippen LogP contribution in [0.1, 0.15) is 25.0 Å². The van der Waals surface area contributed by atoms with Crippen LogP contribution in [0.15, 0.2) is 28.4 Å². The highest BCUT2D eigenvalue weighted by Crippen LogP contribution is 2.50. The smallest absolute Gasteiger partial charge is 0.310 e. The van der Waals surface area contributed by atoms with Gasteiger partial charge in [0.05, 0.1) is 19.3 Å². The van der Waals surface area contributed by atoms with Gasteiger partial charge in [0, 0.05) is 18.6 Å². The number of fused-ring (bicyclic) bond motifs is 1. The average molecular weight is 273 g/mol. The summed E-state index contributed by atoms with van der Waals surface area (Å²) in [5.41, 5.74) is 1.32. The Bertz CT molecular complexity index is 548. The van der Waals surface area contributed by atoms with Gasteiger partial charge < -0.3 is 9.15 Å². The zero-order valence-electron chi connectivity index (χ0n) is 11.6. The van der Waals surface area contributed by atoms with Gasteiger partial charge in [-0.15, -0.1) is 0 Å². The van der Waals surface area contributed by atoms with Crippen LogP contribution < -0.4 is 0 Å². The lowest BCUT2D eigenvalue weighted by Gasteiger charge is -2.50. The molecule has 4 bridgehead atoms. The highest BCUT2D eigenvalue weighted by molar-refractivity contribution is 5.75. The molecular formula is C16H19NO3. The van der Waals surface area contributed by atoms with Crippen LogP contribution in [-0.2, 0) is 9.53 Å². The minimum absolute atomic E-state index is 0.00807.